The summed E-state index contributed by atoms with van der Waals surface area (Å²) in [7, 11) is -3.58. The molecule has 0 unspecified atom stereocenters. The van der Waals surface area contributed by atoms with Crippen LogP contribution in [0.2, 0.25) is 0 Å². The van der Waals surface area contributed by atoms with Gasteiger partial charge in [-0.25, -0.2) is 8.42 Å². The third-order valence-corrected chi connectivity index (χ3v) is 5.13. The highest BCUT2D eigenvalue weighted by atomic mass is 32.2. The number of nitrogens with zero attached hydrogens (tertiary/aromatic N) is 3. The van der Waals surface area contributed by atoms with E-state index < -0.39 is 10.0 Å². The molecule has 0 saturated carbocycles. The Morgan fingerprint density at radius 3 is 2.12 bits per heavy atom. The maximum absolute atomic E-state index is 12.5. The highest BCUT2D eigenvalue weighted by Crippen LogP contribution is 2.21. The van der Waals surface area contributed by atoms with Crippen molar-refractivity contribution in [3.05, 3.63) is 29.3 Å². The van der Waals surface area contributed by atoms with Crippen molar-refractivity contribution in [1.29, 1.82) is 0 Å². The maximum atomic E-state index is 12.5. The first kappa shape index (κ1) is 18.3. The van der Waals surface area contributed by atoms with Crippen molar-refractivity contribution in [2.75, 3.05) is 43.3 Å². The van der Waals surface area contributed by atoms with Gasteiger partial charge >= 0.3 is 0 Å². The zero-order valence-electron chi connectivity index (χ0n) is 14.2. The predicted octanol–water partition coefficient (Wildman–Crippen LogP) is 0.370. The first-order valence-electron chi connectivity index (χ1n) is 7.74. The Morgan fingerprint density at radius 1 is 1.12 bits per heavy atom. The Morgan fingerprint density at radius 2 is 1.67 bits per heavy atom. The van der Waals surface area contributed by atoms with Gasteiger partial charge in [0.2, 0.25) is 22.3 Å². The van der Waals surface area contributed by atoms with Crippen molar-refractivity contribution in [1.82, 2.24) is 9.80 Å². The number of hydrogen-bond acceptors (Lipinski definition) is 4. The molecule has 132 valence electrons. The smallest absolute Gasteiger partial charge is 0.243 e. The summed E-state index contributed by atoms with van der Waals surface area (Å²) in [5, 5.41) is 0. The van der Waals surface area contributed by atoms with Crippen LogP contribution in [0.4, 0.5) is 5.69 Å². The molecule has 0 aliphatic carbocycles. The number of aryl methyl sites for hydroxylation is 2. The van der Waals surface area contributed by atoms with E-state index in [2.05, 4.69) is 0 Å². The molecule has 1 saturated heterocycles. The van der Waals surface area contributed by atoms with Crippen LogP contribution in [0.25, 0.3) is 0 Å². The molecule has 0 aromatic heterocycles. The first-order chi connectivity index (χ1) is 11.2. The molecule has 1 aromatic carbocycles. The topological polar surface area (TPSA) is 78.0 Å². The summed E-state index contributed by atoms with van der Waals surface area (Å²) in [6.45, 7) is 5.32. The van der Waals surface area contributed by atoms with Crippen LogP contribution in [0.3, 0.4) is 0 Å². The maximum Gasteiger partial charge on any atom is 0.243 e. The molecule has 2 rings (SSSR count). The van der Waals surface area contributed by atoms with Crippen LogP contribution < -0.4 is 4.31 Å². The third-order valence-electron chi connectivity index (χ3n) is 3.99. The second-order valence-corrected chi connectivity index (χ2v) is 8.04. The number of carbonyl (C=O) groups excluding carboxylic acids is 2. The van der Waals surface area contributed by atoms with Gasteiger partial charge in [0.1, 0.15) is 6.54 Å². The molecule has 1 aromatic rings. The number of carbonyl (C=O) groups is 2. The van der Waals surface area contributed by atoms with Crippen LogP contribution in [0.15, 0.2) is 18.2 Å². The Balaban J connectivity index is 2.18. The van der Waals surface area contributed by atoms with Crippen LogP contribution >= 0.6 is 0 Å². The van der Waals surface area contributed by atoms with Crippen molar-refractivity contribution >= 4 is 28.0 Å². The summed E-state index contributed by atoms with van der Waals surface area (Å²) < 4.78 is 25.5. The highest BCUT2D eigenvalue weighted by Gasteiger charge is 2.26. The van der Waals surface area contributed by atoms with Gasteiger partial charge in [0.15, 0.2) is 0 Å². The minimum Gasteiger partial charge on any atom is -0.342 e. The predicted molar refractivity (Wildman–Crippen MR) is 92.3 cm³/mol. The van der Waals surface area contributed by atoms with E-state index in [1.807, 2.05) is 19.9 Å². The van der Waals surface area contributed by atoms with Crippen molar-refractivity contribution in [3.63, 3.8) is 0 Å². The quantitative estimate of drug-likeness (QED) is 0.717. The zero-order chi connectivity index (χ0) is 17.9. The molecule has 7 nitrogen and oxygen atoms in total. The molecule has 0 atom stereocenters. The van der Waals surface area contributed by atoms with Crippen LogP contribution in [-0.2, 0) is 19.6 Å². The van der Waals surface area contributed by atoms with E-state index in [4.69, 9.17) is 0 Å². The average Bonchev–Trinajstić information content (AvgIpc) is 2.50. The number of hydrogen-bond donors (Lipinski definition) is 0. The first-order valence-corrected chi connectivity index (χ1v) is 9.58. The van der Waals surface area contributed by atoms with Gasteiger partial charge < -0.3 is 9.80 Å². The molecule has 24 heavy (non-hydrogen) atoms. The number of rotatable bonds is 5. The SMILES string of the molecule is Cc1cc(C)cc(N(CC(=O)N2CCN(C=O)CC2)S(C)(=O)=O)c1. The fourth-order valence-electron chi connectivity index (χ4n) is 2.79. The lowest BCUT2D eigenvalue weighted by Gasteiger charge is -2.34. The molecule has 1 fully saturated rings. The largest absolute Gasteiger partial charge is 0.342 e. The molecule has 1 aliphatic rings. The van der Waals surface area contributed by atoms with Crippen molar-refractivity contribution in [2.45, 2.75) is 13.8 Å². The Labute approximate surface area is 142 Å². The van der Waals surface area contributed by atoms with Gasteiger partial charge in [0, 0.05) is 26.2 Å². The lowest BCUT2D eigenvalue weighted by molar-refractivity contribution is -0.133. The molecular formula is C16H23N3O4S. The summed E-state index contributed by atoms with van der Waals surface area (Å²) in [4.78, 5) is 26.4. The van der Waals surface area contributed by atoms with Crippen LogP contribution in [0.5, 0.6) is 0 Å². The number of sulfonamides is 1. The van der Waals surface area contributed by atoms with Gasteiger partial charge in [-0.3, -0.25) is 13.9 Å². The minimum absolute atomic E-state index is 0.233. The fourth-order valence-corrected chi connectivity index (χ4v) is 3.63. The molecule has 0 spiro atoms. The summed E-state index contributed by atoms with van der Waals surface area (Å²) >= 11 is 0. The average molecular weight is 353 g/mol. The third kappa shape index (κ3) is 4.47. The Hall–Kier alpha value is -2.09. The molecule has 2 amide bonds. The number of amides is 2. The lowest BCUT2D eigenvalue weighted by Crippen LogP contribution is -2.51. The Kier molecular flexibility index (Phi) is 5.48. The van der Waals surface area contributed by atoms with Crippen LogP contribution in [-0.4, -0.2) is 69.5 Å². The summed E-state index contributed by atoms with van der Waals surface area (Å²) in [5.74, 6) is -0.259. The van der Waals surface area contributed by atoms with Gasteiger partial charge in [-0.2, -0.15) is 0 Å². The van der Waals surface area contributed by atoms with E-state index >= 15 is 0 Å². The summed E-state index contributed by atoms with van der Waals surface area (Å²) in [5.41, 5.74) is 2.37. The van der Waals surface area contributed by atoms with E-state index in [1.54, 1.807) is 21.9 Å². The second kappa shape index (κ2) is 7.21. The molecular weight excluding hydrogens is 330 g/mol. The van der Waals surface area contributed by atoms with E-state index in [1.165, 1.54) is 0 Å². The lowest BCUT2D eigenvalue weighted by atomic mass is 10.1. The van der Waals surface area contributed by atoms with E-state index in [0.717, 1.165) is 28.1 Å². The van der Waals surface area contributed by atoms with Gasteiger partial charge in [-0.15, -0.1) is 0 Å². The zero-order valence-corrected chi connectivity index (χ0v) is 15.0. The van der Waals surface area contributed by atoms with Crippen molar-refractivity contribution in [3.8, 4) is 0 Å². The number of benzene rings is 1. The van der Waals surface area contributed by atoms with Crippen molar-refractivity contribution in [2.24, 2.45) is 0 Å². The molecule has 1 aliphatic heterocycles. The minimum atomic E-state index is -3.58. The van der Waals surface area contributed by atoms with Gasteiger partial charge in [-0.1, -0.05) is 6.07 Å². The fraction of sp³-hybridized carbons (Fsp3) is 0.500. The van der Waals surface area contributed by atoms with E-state index in [-0.39, 0.29) is 12.5 Å². The molecule has 0 bridgehead atoms. The molecule has 8 heteroatoms. The summed E-state index contributed by atoms with van der Waals surface area (Å²) in [6.07, 6.45) is 1.86. The molecule has 0 N–H and O–H groups in total. The normalized spacial score (nSPS) is 15.3. The standard InChI is InChI=1S/C16H23N3O4S/c1-13-8-14(2)10-15(9-13)19(24(3,22)23)11-16(21)18-6-4-17(12-20)5-7-18/h8-10,12H,4-7,11H2,1-3H3. The van der Waals surface area contributed by atoms with Crippen LogP contribution in [0.1, 0.15) is 11.1 Å². The van der Waals surface area contributed by atoms with Gasteiger partial charge in [0.25, 0.3) is 0 Å². The highest BCUT2D eigenvalue weighted by molar-refractivity contribution is 7.92. The number of anilines is 1. The van der Waals surface area contributed by atoms with Gasteiger partial charge in [-0.05, 0) is 37.1 Å². The van der Waals surface area contributed by atoms with E-state index in [0.29, 0.717) is 31.9 Å². The second-order valence-electron chi connectivity index (χ2n) is 6.14. The van der Waals surface area contributed by atoms with Crippen LogP contribution in [0, 0.1) is 13.8 Å². The monoisotopic (exact) mass is 353 g/mol. The number of piperazine rings is 1. The van der Waals surface area contributed by atoms with E-state index in [9.17, 15) is 18.0 Å². The summed E-state index contributed by atoms with van der Waals surface area (Å²) in [6, 6.07) is 5.46. The van der Waals surface area contributed by atoms with Crippen molar-refractivity contribution < 1.29 is 18.0 Å². The molecule has 1 heterocycles. The molecule has 0 radical (unpaired) electrons. The Bertz CT molecular complexity index is 705. The van der Waals surface area contributed by atoms with Gasteiger partial charge in [0.05, 0.1) is 11.9 Å².